The molecule has 0 saturated carbocycles. The Balaban J connectivity index is -0.000000116. The zero-order valence-electron chi connectivity index (χ0n) is 71.1. The summed E-state index contributed by atoms with van der Waals surface area (Å²) in [6, 6.07) is 36.8. The van der Waals surface area contributed by atoms with E-state index < -0.39 is 25.2 Å². The number of ether oxygens (including phenoxy) is 2. The van der Waals surface area contributed by atoms with E-state index in [2.05, 4.69) is 162 Å². The number of carbonyl (C=O) groups excluding carboxylic acids is 7. The third-order valence-corrected chi connectivity index (χ3v) is 26.4. The van der Waals surface area contributed by atoms with Crippen LogP contribution in [0.4, 0.5) is 21.5 Å². The number of ketones is 3. The molecule has 0 aromatic heterocycles. The minimum absolute atomic E-state index is 0. The van der Waals surface area contributed by atoms with Crippen LogP contribution in [0.3, 0.4) is 0 Å². The standard InChI is InChI=1S/C9H9Cl2I.C9H8Cl2O.C8H7Cl2IO.C8H5Cl2IO.C8H7Cl2NO.C8H5NO2.C7H5BrCl2.C6H4BrCl2N.C6H5Cl2N.C6H12O.C4H6O3.CH3F.CH4.BHNS.B.H2N2.2Na.2H2O.H2.H/c1-5(2)6-3-4-7(12)9(11)8(6)10;1-5-3-4-7(6(2)12)9(11)8(5)10;3*1-4(12)5-2-3-6(11)8(10)7(5)9;10-7-5-3-1-2-4-6(5)8(11)9-7;1-4-2-3-5(8)7(10)6(4)9;7-3-1-2-4(10)6(9)5(3)8;7-4-2-1-3-5(9)6(4)8;1-3-5-6-7-4-2;1-3(5)7-4(2)6;1-2;;1-2-3;;1-2;;;;;;/h3-5H,1-2H3;3-4H,1-2H3;2-4,12H,1H3;2-3H,1H3;2-3H,11H2,1H3;1-4H,(H,9,10,11);2-3H,1H3;1-2H,10H2;1-3H,9H2;4H,2-3,5-6H2,1H3;1-2H3;1H3;1H4;3H;;1-2H;;;2*1H2;1H;/q;;;;;;;;;;;;;;;;2*+1;;;;-1/p-1/i;;;;;;;;;;;1D;;;;;;;;;;. The quantitative estimate of drug-likeness (QED) is 0.00541. The van der Waals surface area contributed by atoms with Gasteiger partial charge in [0.15, 0.2) is 17.3 Å². The predicted octanol–water partition coefficient (Wildman–Crippen LogP) is 26.0. The second-order valence-electron chi connectivity index (χ2n) is 23.0. The van der Waals surface area contributed by atoms with E-state index in [1.807, 2.05) is 44.2 Å². The van der Waals surface area contributed by atoms with Crippen LogP contribution in [0.15, 0.2) is 153 Å². The van der Waals surface area contributed by atoms with Gasteiger partial charge in [-0.25, -0.2) is 11.1 Å². The molecule has 1 heterocycles. The number of thiol groups is 1. The summed E-state index contributed by atoms with van der Waals surface area (Å²) >= 11 is 109. The van der Waals surface area contributed by atoms with Crippen LogP contribution in [0.2, 0.25) is 80.4 Å². The Morgan fingerprint density at radius 2 is 0.866 bits per heavy atom. The maximum Gasteiger partial charge on any atom is 1.00 e. The number of nitrogen functional groups attached to an aromatic ring is 3. The van der Waals surface area contributed by atoms with E-state index in [0.29, 0.717) is 127 Å². The molecule has 0 spiro atoms. The first-order valence-electron chi connectivity index (χ1n) is 34.0. The number of amides is 2. The third kappa shape index (κ3) is 56.2. The van der Waals surface area contributed by atoms with Crippen molar-refractivity contribution in [1.29, 1.82) is 11.1 Å². The fourth-order valence-corrected chi connectivity index (χ4v) is 13.9. The van der Waals surface area contributed by atoms with E-state index in [0.717, 1.165) is 49.4 Å². The van der Waals surface area contributed by atoms with Gasteiger partial charge in [0, 0.05) is 65.6 Å². The van der Waals surface area contributed by atoms with Crippen LogP contribution in [0.25, 0.3) is 0 Å². The number of nitrogens with zero attached hydrogens (tertiary/aromatic N) is 1. The van der Waals surface area contributed by atoms with Crippen molar-refractivity contribution in [1.82, 2.24) is 5.32 Å². The van der Waals surface area contributed by atoms with Gasteiger partial charge in [-0.1, -0.05) is 269 Å². The Morgan fingerprint density at radius 1 is 0.559 bits per heavy atom. The monoisotopic (exact) mass is 2570 g/mol. The maximum atomic E-state index is 11.0. The molecule has 19 nitrogen and oxygen atoms in total. The van der Waals surface area contributed by atoms with E-state index >= 15 is 0 Å². The number of aryl methyl sites for hydroxylation is 2. The number of hydrogen-bond acceptors (Lipinski definition) is 18. The third-order valence-electron chi connectivity index (χ3n) is 13.7. The molecule has 1 atom stereocenters. The molecule has 0 aliphatic carbocycles. The Bertz CT molecular complexity index is 4640. The van der Waals surface area contributed by atoms with Crippen LogP contribution in [-0.2, 0) is 19.1 Å². The SMILES string of the molecule is C.C=COCCCC.CC(=O)OC(C)=O.CC(=O)c1ccc(C)c(Cl)c1Cl.CC(=O)c1ccc(I)c(Cl)c1Cl.CC(=O)c1ccc(N)c(Cl)c1Cl.CC(C)c1ccc(I)c(Cl)c1Cl.CC(O)c1ccc(I)c(Cl)c1Cl.Cc1ccc(Br)c(Cl)c1Cl.N=N.Nc1ccc(Br)c(Cl)c1Cl.Nc1cccc(Cl)c1Cl.O.O=C1NC(=O)c2ccccc21.[2H]CF.[B].[B]=NS.[H-].[HH].[Na+].[Na+].[OH-]. The average molecular weight is 2580 g/mol. The summed E-state index contributed by atoms with van der Waals surface area (Å²) in [6.45, 7) is 22.7. The number of esters is 2. The Kier molecular flexibility index (Phi) is 91.3. The number of rotatable bonds is 9. The molecule has 46 heteroatoms. The molecule has 4 radical (unpaired) electrons. The molecule has 127 heavy (non-hydrogen) atoms. The summed E-state index contributed by atoms with van der Waals surface area (Å²) in [7, 11) is 3.34. The zero-order valence-corrected chi connectivity index (χ0v) is 95.7. The largest absolute Gasteiger partial charge is 1.00 e. The molecule has 0 bridgehead atoms. The molecule has 13 N–H and O–H groups in total. The van der Waals surface area contributed by atoms with Crippen molar-refractivity contribution in [3.8, 4) is 0 Å². The number of Topliss-reactive ketones (excluding diaryl/α,β-unsaturated/α-hetero) is 3. The van der Waals surface area contributed by atoms with Crippen molar-refractivity contribution in [2.75, 3.05) is 31.0 Å². The van der Waals surface area contributed by atoms with Gasteiger partial charge >= 0.3 is 95.8 Å². The smallest absolute Gasteiger partial charge is 1.00 e. The second kappa shape index (κ2) is 80.8. The van der Waals surface area contributed by atoms with E-state index in [-0.39, 0.29) is 128 Å². The minimum atomic E-state index is -1.00. The van der Waals surface area contributed by atoms with E-state index in [4.69, 9.17) is 220 Å². The molecule has 9 aromatic carbocycles. The van der Waals surface area contributed by atoms with Crippen LogP contribution < -0.4 is 81.6 Å². The fraction of sp³-hybridized carbons (Fsp3) is 0.222. The van der Waals surface area contributed by atoms with Gasteiger partial charge in [-0.2, -0.15) is 0 Å². The van der Waals surface area contributed by atoms with Crippen LogP contribution in [0, 0.1) is 35.6 Å². The normalized spacial score (nSPS) is 9.74. The van der Waals surface area contributed by atoms with E-state index in [9.17, 15) is 43.1 Å². The number of alkyl halides is 1. The number of anilines is 3. The molecule has 2 amide bonds. The van der Waals surface area contributed by atoms with Gasteiger partial charge < -0.3 is 44.2 Å². The number of nitrogens with two attached hydrogens (primary N) is 3. The molecule has 1 aliphatic rings. The van der Waals surface area contributed by atoms with Gasteiger partial charge in [-0.15, -0.1) is 0 Å². The van der Waals surface area contributed by atoms with Crippen LogP contribution in [-0.4, -0.2) is 87.0 Å². The van der Waals surface area contributed by atoms with Gasteiger partial charge in [0.2, 0.25) is 0 Å². The molecule has 0 saturated heterocycles. The molecule has 1 unspecified atom stereocenters. The van der Waals surface area contributed by atoms with Crippen molar-refractivity contribution in [3.63, 3.8) is 0 Å². The first kappa shape index (κ1) is 144. The van der Waals surface area contributed by atoms with Crippen LogP contribution in [0.5, 0.6) is 0 Å². The number of fused-ring (bicyclic) bond motifs is 1. The Labute approximate surface area is 936 Å². The first-order valence-corrected chi connectivity index (χ1v) is 44.6. The summed E-state index contributed by atoms with van der Waals surface area (Å²) < 4.78 is 31.3. The maximum absolute atomic E-state index is 11.0. The van der Waals surface area contributed by atoms with Crippen LogP contribution >= 0.6 is 298 Å². The summed E-state index contributed by atoms with van der Waals surface area (Å²) in [5.41, 5.74) is 33.7. The number of unbranched alkanes of at least 4 members (excludes halogenated alkanes) is 1. The van der Waals surface area contributed by atoms with Crippen molar-refractivity contribution in [2.24, 2.45) is 4.30 Å². The predicted molar refractivity (Wildman–Crippen MR) is 565 cm³/mol. The number of nitrogens with one attached hydrogen (secondary N) is 3. The number of aliphatic hydroxyl groups is 1. The average Bonchev–Trinajstić information content (AvgIpc) is 1.70. The Morgan fingerprint density at radius 3 is 1.20 bits per heavy atom. The molecule has 688 valence electrons. The molecule has 0 fully saturated rings. The van der Waals surface area contributed by atoms with Crippen molar-refractivity contribution in [2.45, 2.75) is 108 Å². The van der Waals surface area contributed by atoms with E-state index in [1.165, 1.54) is 47.3 Å². The van der Waals surface area contributed by atoms with Gasteiger partial charge in [0.1, 0.15) is 0 Å². The number of imide groups is 1. The zero-order chi connectivity index (χ0) is 95.5. The number of benzene rings is 9. The molecule has 1 aliphatic heterocycles. The minimum Gasteiger partial charge on any atom is -1.00 e. The van der Waals surface area contributed by atoms with Gasteiger partial charge in [0.25, 0.3) is 11.8 Å². The summed E-state index contributed by atoms with van der Waals surface area (Å²) in [5, 5.41) is 18.9. The van der Waals surface area contributed by atoms with Gasteiger partial charge in [0.05, 0.1) is 136 Å². The molecular formula is C81H89B2Br2Cl16FI3N7Na2O12S. The van der Waals surface area contributed by atoms with Crippen LogP contribution in [0.1, 0.15) is 173 Å². The number of aliphatic hydroxyl groups excluding tert-OH is 1. The number of hydrogen-bond donors (Lipinski definition) is 8. The second-order valence-corrected chi connectivity index (χ2v) is 34.5. The topological polar surface area (TPSA) is 370 Å². The summed E-state index contributed by atoms with van der Waals surface area (Å²) in [5.74, 6) is -1.56. The summed E-state index contributed by atoms with van der Waals surface area (Å²) in [6.07, 6.45) is 3.22. The van der Waals surface area contributed by atoms with Crippen molar-refractivity contribution >= 4 is 372 Å². The van der Waals surface area contributed by atoms with Gasteiger partial charge in [-0.3, -0.25) is 43.3 Å². The van der Waals surface area contributed by atoms with Gasteiger partial charge in [-0.05, 0) is 255 Å². The molecule has 10 rings (SSSR count). The fourth-order valence-electron chi connectivity index (χ4n) is 7.72. The van der Waals surface area contributed by atoms with E-state index in [1.54, 1.807) is 104 Å². The van der Waals surface area contributed by atoms with Crippen molar-refractivity contribution in [3.05, 3.63) is 290 Å². The Hall–Kier alpha value is -1.31. The van der Waals surface area contributed by atoms with Crippen molar-refractivity contribution < 1.29 is 127 Å². The first-order chi connectivity index (χ1) is 56.8. The molecule has 9 aromatic rings. The number of halogens is 22. The number of carbonyl (C=O) groups is 7. The molecular weight excluding hydrogens is 2490 g/mol. The summed E-state index contributed by atoms with van der Waals surface area (Å²) in [4.78, 5) is 74.4.